The molecule has 2 nitrogen and oxygen atoms in total. The molecule has 0 aromatic heterocycles. The van der Waals surface area contributed by atoms with Gasteiger partial charge in [0.05, 0.1) is 0 Å². The molecular weight excluding hydrogens is 102 g/mol. The monoisotopic (exact) mass is 114 g/mol. The van der Waals surface area contributed by atoms with E-state index in [1.165, 1.54) is 0 Å². The standard InChI is InChI=1S/C6H12NO/c1-4-6(3)7(8)5-2/h4,6H,1,5H2,2-3H3/q-1. The number of nitrogens with zero attached hydrogens (tertiary/aromatic N) is 1. The molecule has 0 saturated heterocycles. The molecule has 8 heavy (non-hydrogen) atoms. The van der Waals surface area contributed by atoms with Crippen LogP contribution in [0.3, 0.4) is 0 Å². The Labute approximate surface area is 50.4 Å². The van der Waals surface area contributed by atoms with Crippen LogP contribution in [0.1, 0.15) is 13.8 Å². The second-order valence-corrected chi connectivity index (χ2v) is 1.71. The second-order valence-electron chi connectivity index (χ2n) is 1.71. The summed E-state index contributed by atoms with van der Waals surface area (Å²) in [5, 5.41) is 11.6. The third-order valence-electron chi connectivity index (χ3n) is 1.11. The van der Waals surface area contributed by atoms with Crippen LogP contribution >= 0.6 is 0 Å². The lowest BCUT2D eigenvalue weighted by molar-refractivity contribution is 0.356. The van der Waals surface area contributed by atoms with Gasteiger partial charge >= 0.3 is 0 Å². The van der Waals surface area contributed by atoms with Gasteiger partial charge in [-0.2, -0.15) is 0 Å². The quantitative estimate of drug-likeness (QED) is 0.409. The number of hydrogen-bond donors (Lipinski definition) is 0. The molecule has 0 aliphatic heterocycles. The molecule has 0 heterocycles. The maximum atomic E-state index is 10.6. The summed E-state index contributed by atoms with van der Waals surface area (Å²) >= 11 is 0. The van der Waals surface area contributed by atoms with Crippen molar-refractivity contribution in [2.24, 2.45) is 0 Å². The fourth-order valence-electron chi connectivity index (χ4n) is 0.406. The van der Waals surface area contributed by atoms with Crippen molar-refractivity contribution in [1.82, 2.24) is 5.06 Å². The number of hydrogen-bond acceptors (Lipinski definition) is 2. The van der Waals surface area contributed by atoms with Crippen molar-refractivity contribution < 1.29 is 0 Å². The molecule has 0 radical (unpaired) electrons. The Kier molecular flexibility index (Phi) is 3.48. The van der Waals surface area contributed by atoms with E-state index in [9.17, 15) is 5.21 Å². The summed E-state index contributed by atoms with van der Waals surface area (Å²) in [4.78, 5) is 0. The lowest BCUT2D eigenvalue weighted by Gasteiger charge is -2.30. The molecule has 0 amide bonds. The van der Waals surface area contributed by atoms with Gasteiger partial charge in [0.1, 0.15) is 0 Å². The van der Waals surface area contributed by atoms with Crippen LogP contribution in [0.5, 0.6) is 0 Å². The van der Waals surface area contributed by atoms with Gasteiger partial charge in [0.15, 0.2) is 0 Å². The summed E-state index contributed by atoms with van der Waals surface area (Å²) in [6.45, 7) is 7.67. The lowest BCUT2D eigenvalue weighted by atomic mass is 10.3. The first-order valence-electron chi connectivity index (χ1n) is 2.78. The zero-order chi connectivity index (χ0) is 6.57. The van der Waals surface area contributed by atoms with Crippen molar-refractivity contribution in [3.8, 4) is 0 Å². The Balaban J connectivity index is 3.44. The van der Waals surface area contributed by atoms with E-state index in [0.29, 0.717) is 6.54 Å². The molecule has 0 aliphatic carbocycles. The molecule has 1 atom stereocenters. The van der Waals surface area contributed by atoms with Crippen molar-refractivity contribution in [3.63, 3.8) is 0 Å². The van der Waals surface area contributed by atoms with Crippen LogP contribution in [0, 0.1) is 5.21 Å². The minimum absolute atomic E-state index is 0.0417. The molecule has 0 fully saturated rings. The first-order valence-corrected chi connectivity index (χ1v) is 2.78. The molecule has 2 heteroatoms. The van der Waals surface area contributed by atoms with Gasteiger partial charge in [0.2, 0.25) is 0 Å². The molecule has 0 aliphatic rings. The maximum Gasteiger partial charge on any atom is 0.0128 e. The van der Waals surface area contributed by atoms with Crippen molar-refractivity contribution in [2.45, 2.75) is 19.9 Å². The Morgan fingerprint density at radius 1 is 1.88 bits per heavy atom. The molecule has 0 aromatic carbocycles. The van der Waals surface area contributed by atoms with Gasteiger partial charge in [-0.3, -0.25) is 0 Å². The molecule has 1 unspecified atom stereocenters. The first-order chi connectivity index (χ1) is 3.72. The van der Waals surface area contributed by atoms with Crippen LogP contribution in [0.4, 0.5) is 0 Å². The highest BCUT2D eigenvalue weighted by Crippen LogP contribution is 1.94. The maximum absolute atomic E-state index is 10.6. The van der Waals surface area contributed by atoms with Gasteiger partial charge in [-0.05, 0) is 13.5 Å². The lowest BCUT2D eigenvalue weighted by Crippen LogP contribution is -2.24. The zero-order valence-corrected chi connectivity index (χ0v) is 5.42. The van der Waals surface area contributed by atoms with Crippen molar-refractivity contribution in [2.75, 3.05) is 6.54 Å². The van der Waals surface area contributed by atoms with Crippen molar-refractivity contribution >= 4 is 0 Å². The summed E-state index contributed by atoms with van der Waals surface area (Å²) < 4.78 is 0. The first kappa shape index (κ1) is 7.66. The normalized spacial score (nSPS) is 14.0. The molecule has 0 aromatic rings. The summed E-state index contributed by atoms with van der Waals surface area (Å²) in [6.07, 6.45) is 1.64. The van der Waals surface area contributed by atoms with E-state index in [-0.39, 0.29) is 6.04 Å². The van der Waals surface area contributed by atoms with Crippen molar-refractivity contribution in [1.29, 1.82) is 0 Å². The van der Waals surface area contributed by atoms with Gasteiger partial charge in [-0.1, -0.05) is 13.0 Å². The number of likely N-dealkylation sites (N-methyl/N-ethyl adjacent to an activating group) is 1. The average molecular weight is 114 g/mol. The van der Waals surface area contributed by atoms with Crippen molar-refractivity contribution in [3.05, 3.63) is 17.9 Å². The third kappa shape index (κ3) is 2.09. The molecule has 0 rings (SSSR count). The summed E-state index contributed by atoms with van der Waals surface area (Å²) in [5.74, 6) is 0. The van der Waals surface area contributed by atoms with E-state index in [0.717, 1.165) is 5.06 Å². The minimum atomic E-state index is -0.0417. The van der Waals surface area contributed by atoms with Crippen LogP contribution < -0.4 is 0 Å². The molecule has 0 N–H and O–H groups in total. The third-order valence-corrected chi connectivity index (χ3v) is 1.11. The summed E-state index contributed by atoms with van der Waals surface area (Å²) in [5.41, 5.74) is 0. The van der Waals surface area contributed by atoms with E-state index < -0.39 is 0 Å². The molecule has 0 spiro atoms. The number of rotatable bonds is 3. The Morgan fingerprint density at radius 2 is 2.38 bits per heavy atom. The molecule has 0 bridgehead atoms. The molecule has 0 saturated carbocycles. The van der Waals surface area contributed by atoms with Crippen LogP contribution in [0.25, 0.3) is 0 Å². The van der Waals surface area contributed by atoms with Gasteiger partial charge in [-0.25, -0.2) is 0 Å². The van der Waals surface area contributed by atoms with Crippen LogP contribution in [0.2, 0.25) is 0 Å². The van der Waals surface area contributed by atoms with E-state index in [2.05, 4.69) is 6.58 Å². The van der Waals surface area contributed by atoms with Gasteiger partial charge in [0, 0.05) is 6.04 Å². The van der Waals surface area contributed by atoms with Gasteiger partial charge in [0.25, 0.3) is 0 Å². The predicted molar refractivity (Wildman–Crippen MR) is 35.4 cm³/mol. The Bertz CT molecular complexity index is 72.9. The van der Waals surface area contributed by atoms with Crippen LogP contribution in [-0.4, -0.2) is 17.6 Å². The highest BCUT2D eigenvalue weighted by Gasteiger charge is 1.92. The fourth-order valence-corrected chi connectivity index (χ4v) is 0.406. The summed E-state index contributed by atoms with van der Waals surface area (Å²) in [6, 6.07) is -0.0417. The predicted octanol–water partition coefficient (Wildman–Crippen LogP) is 1.38. The van der Waals surface area contributed by atoms with E-state index >= 15 is 0 Å². The SMILES string of the molecule is C=CC(C)N([O-])CC. The van der Waals surface area contributed by atoms with E-state index in [1.807, 2.05) is 13.8 Å². The Morgan fingerprint density at radius 3 is 2.50 bits per heavy atom. The van der Waals surface area contributed by atoms with Crippen LogP contribution in [-0.2, 0) is 0 Å². The van der Waals surface area contributed by atoms with Gasteiger partial charge < -0.3 is 10.3 Å². The van der Waals surface area contributed by atoms with Gasteiger partial charge in [-0.15, -0.1) is 6.58 Å². The average Bonchev–Trinajstić information content (AvgIpc) is 1.84. The topological polar surface area (TPSA) is 26.3 Å². The zero-order valence-electron chi connectivity index (χ0n) is 5.42. The number of hydroxylamine groups is 2. The molecular formula is C6H12NO-. The van der Waals surface area contributed by atoms with E-state index in [1.54, 1.807) is 6.08 Å². The van der Waals surface area contributed by atoms with E-state index in [4.69, 9.17) is 0 Å². The molecule has 48 valence electrons. The fraction of sp³-hybridized carbons (Fsp3) is 0.667. The van der Waals surface area contributed by atoms with Crippen LogP contribution in [0.15, 0.2) is 12.7 Å². The second kappa shape index (κ2) is 3.64. The highest BCUT2D eigenvalue weighted by atomic mass is 16.5. The highest BCUT2D eigenvalue weighted by molar-refractivity contribution is 4.83. The minimum Gasteiger partial charge on any atom is -0.785 e. The summed E-state index contributed by atoms with van der Waals surface area (Å²) in [7, 11) is 0. The largest absolute Gasteiger partial charge is 0.785 e. The Hall–Kier alpha value is -0.340. The smallest absolute Gasteiger partial charge is 0.0128 e.